The third-order valence-electron chi connectivity index (χ3n) is 3.40. The first kappa shape index (κ1) is 11.7. The molecular weight excluding hydrogens is 247 g/mol. The molecule has 0 bridgehead atoms. The average molecular weight is 262 g/mol. The number of nitrogens with zero attached hydrogens (tertiary/aromatic N) is 1. The van der Waals surface area contributed by atoms with Crippen molar-refractivity contribution in [2.45, 2.75) is 32.1 Å². The fourth-order valence-electron chi connectivity index (χ4n) is 2.24. The van der Waals surface area contributed by atoms with E-state index in [2.05, 4.69) is 4.98 Å². The van der Waals surface area contributed by atoms with Crippen molar-refractivity contribution < 1.29 is 4.39 Å². The Morgan fingerprint density at radius 3 is 2.89 bits per heavy atom. The van der Waals surface area contributed by atoms with Crippen molar-refractivity contribution in [2.75, 3.05) is 5.73 Å². The number of halogens is 1. The fourth-order valence-corrected chi connectivity index (χ4v) is 3.17. The van der Waals surface area contributed by atoms with Gasteiger partial charge < -0.3 is 5.73 Å². The van der Waals surface area contributed by atoms with Crippen LogP contribution in [0, 0.1) is 12.7 Å². The van der Waals surface area contributed by atoms with Crippen LogP contribution in [-0.4, -0.2) is 4.98 Å². The molecule has 2 N–H and O–H groups in total. The minimum absolute atomic E-state index is 0.135. The number of anilines is 1. The van der Waals surface area contributed by atoms with Gasteiger partial charge in [0.15, 0.2) is 5.13 Å². The van der Waals surface area contributed by atoms with Crippen LogP contribution in [0.5, 0.6) is 0 Å². The number of aromatic nitrogens is 1. The number of nitrogens with two attached hydrogens (primary N) is 1. The number of benzene rings is 1. The van der Waals surface area contributed by atoms with E-state index < -0.39 is 0 Å². The van der Waals surface area contributed by atoms with E-state index >= 15 is 0 Å². The Hall–Kier alpha value is -1.42. The molecule has 2 nitrogen and oxygen atoms in total. The summed E-state index contributed by atoms with van der Waals surface area (Å²) in [4.78, 5) is 5.53. The van der Waals surface area contributed by atoms with E-state index in [9.17, 15) is 4.39 Å². The summed E-state index contributed by atoms with van der Waals surface area (Å²) in [6, 6.07) is 5.21. The van der Waals surface area contributed by atoms with Gasteiger partial charge >= 0.3 is 0 Å². The number of hydrogen-bond acceptors (Lipinski definition) is 3. The summed E-state index contributed by atoms with van der Waals surface area (Å²) in [7, 11) is 0. The molecule has 0 aliphatic heterocycles. The molecule has 0 atom stereocenters. The molecule has 0 unspecified atom stereocenters. The first-order valence-corrected chi connectivity index (χ1v) is 6.96. The van der Waals surface area contributed by atoms with Crippen molar-refractivity contribution in [1.82, 2.24) is 4.98 Å². The Labute approximate surface area is 110 Å². The smallest absolute Gasteiger partial charge is 0.180 e. The second-order valence-electron chi connectivity index (χ2n) is 4.85. The zero-order valence-electron chi connectivity index (χ0n) is 10.2. The van der Waals surface area contributed by atoms with Crippen LogP contribution >= 0.6 is 11.3 Å². The molecule has 0 radical (unpaired) electrons. The summed E-state index contributed by atoms with van der Waals surface area (Å²) >= 11 is 1.49. The molecule has 1 aliphatic carbocycles. The summed E-state index contributed by atoms with van der Waals surface area (Å²) in [6.45, 7) is 1.94. The zero-order valence-corrected chi connectivity index (χ0v) is 11.1. The molecule has 0 amide bonds. The van der Waals surface area contributed by atoms with Gasteiger partial charge in [-0.05, 0) is 37.0 Å². The molecule has 4 heteroatoms. The number of thiazole rings is 1. The predicted molar refractivity (Wildman–Crippen MR) is 72.4 cm³/mol. The number of aryl methyl sites for hydroxylation is 1. The first-order chi connectivity index (χ1) is 8.65. The predicted octanol–water partition coefficient (Wildman–Crippen LogP) is 3.64. The standard InChI is InChI=1S/C14H15FN2S/c1-8-3-2-4-11(15)10(8)7-12-13(9-5-6-9)17-14(16)18-12/h2-4,9H,5-7H2,1H3,(H2,16,17). The topological polar surface area (TPSA) is 38.9 Å². The quantitative estimate of drug-likeness (QED) is 0.917. The van der Waals surface area contributed by atoms with E-state index in [1.165, 1.54) is 30.2 Å². The zero-order chi connectivity index (χ0) is 12.7. The maximum absolute atomic E-state index is 13.8. The second-order valence-corrected chi connectivity index (χ2v) is 5.96. The highest BCUT2D eigenvalue weighted by Gasteiger charge is 2.29. The Balaban J connectivity index is 1.97. The van der Waals surface area contributed by atoms with E-state index in [-0.39, 0.29) is 5.82 Å². The van der Waals surface area contributed by atoms with E-state index in [1.807, 2.05) is 13.0 Å². The van der Waals surface area contributed by atoms with Gasteiger partial charge in [-0.15, -0.1) is 11.3 Å². The van der Waals surface area contributed by atoms with Crippen LogP contribution in [0.15, 0.2) is 18.2 Å². The maximum Gasteiger partial charge on any atom is 0.180 e. The van der Waals surface area contributed by atoms with Crippen LogP contribution < -0.4 is 5.73 Å². The van der Waals surface area contributed by atoms with Crippen LogP contribution in [-0.2, 0) is 6.42 Å². The van der Waals surface area contributed by atoms with Crippen LogP contribution in [0.1, 0.15) is 40.5 Å². The third-order valence-corrected chi connectivity index (χ3v) is 4.30. The maximum atomic E-state index is 13.8. The van der Waals surface area contributed by atoms with Crippen molar-refractivity contribution in [3.63, 3.8) is 0 Å². The minimum atomic E-state index is -0.135. The SMILES string of the molecule is Cc1cccc(F)c1Cc1sc(N)nc1C1CC1. The Morgan fingerprint density at radius 1 is 1.44 bits per heavy atom. The summed E-state index contributed by atoms with van der Waals surface area (Å²) in [5.41, 5.74) is 8.64. The monoisotopic (exact) mass is 262 g/mol. The van der Waals surface area contributed by atoms with Gasteiger partial charge in [0.25, 0.3) is 0 Å². The molecule has 1 heterocycles. The van der Waals surface area contributed by atoms with Gasteiger partial charge in [0.2, 0.25) is 0 Å². The normalized spacial score (nSPS) is 15.0. The molecule has 1 aromatic carbocycles. The summed E-state index contributed by atoms with van der Waals surface area (Å²) < 4.78 is 13.8. The lowest BCUT2D eigenvalue weighted by Gasteiger charge is -2.06. The molecule has 1 fully saturated rings. The molecule has 0 spiro atoms. The van der Waals surface area contributed by atoms with Crippen molar-refractivity contribution >= 4 is 16.5 Å². The summed E-state index contributed by atoms with van der Waals surface area (Å²) in [6.07, 6.45) is 2.98. The number of rotatable bonds is 3. The van der Waals surface area contributed by atoms with Crippen LogP contribution in [0.4, 0.5) is 9.52 Å². The molecule has 1 aromatic heterocycles. The van der Waals surface area contributed by atoms with E-state index in [4.69, 9.17) is 5.73 Å². The molecule has 1 aliphatic rings. The third kappa shape index (κ3) is 2.12. The van der Waals surface area contributed by atoms with Crippen molar-refractivity contribution in [3.8, 4) is 0 Å². The molecule has 94 valence electrons. The Morgan fingerprint density at radius 2 is 2.22 bits per heavy atom. The Kier molecular flexibility index (Phi) is 2.82. The van der Waals surface area contributed by atoms with Gasteiger partial charge in [0, 0.05) is 17.2 Å². The fraction of sp³-hybridized carbons (Fsp3) is 0.357. The highest BCUT2D eigenvalue weighted by Crippen LogP contribution is 2.43. The summed E-state index contributed by atoms with van der Waals surface area (Å²) in [5, 5.41) is 0.598. The van der Waals surface area contributed by atoms with E-state index in [0.29, 0.717) is 17.5 Å². The highest BCUT2D eigenvalue weighted by molar-refractivity contribution is 7.15. The minimum Gasteiger partial charge on any atom is -0.375 e. The molecule has 18 heavy (non-hydrogen) atoms. The van der Waals surface area contributed by atoms with Crippen molar-refractivity contribution in [3.05, 3.63) is 45.7 Å². The lowest BCUT2D eigenvalue weighted by molar-refractivity contribution is 0.612. The number of hydrogen-bond donors (Lipinski definition) is 1. The van der Waals surface area contributed by atoms with Gasteiger partial charge in [0.05, 0.1) is 5.69 Å². The molecule has 1 saturated carbocycles. The van der Waals surface area contributed by atoms with Gasteiger partial charge in [-0.25, -0.2) is 9.37 Å². The van der Waals surface area contributed by atoms with Crippen LogP contribution in [0.2, 0.25) is 0 Å². The molecule has 2 aromatic rings. The van der Waals surface area contributed by atoms with Crippen LogP contribution in [0.3, 0.4) is 0 Å². The molecular formula is C14H15FN2S. The lowest BCUT2D eigenvalue weighted by atomic mass is 10.0. The number of nitrogen functional groups attached to an aromatic ring is 1. The van der Waals surface area contributed by atoms with Gasteiger partial charge in [-0.1, -0.05) is 12.1 Å². The first-order valence-electron chi connectivity index (χ1n) is 6.14. The summed E-state index contributed by atoms with van der Waals surface area (Å²) in [5.74, 6) is 0.421. The van der Waals surface area contributed by atoms with Crippen molar-refractivity contribution in [1.29, 1.82) is 0 Å². The lowest BCUT2D eigenvalue weighted by Crippen LogP contribution is -1.97. The van der Waals surface area contributed by atoms with Gasteiger partial charge in [0.1, 0.15) is 5.82 Å². The molecule has 0 saturated heterocycles. The van der Waals surface area contributed by atoms with E-state index in [0.717, 1.165) is 21.7 Å². The molecule has 3 rings (SSSR count). The largest absolute Gasteiger partial charge is 0.375 e. The highest BCUT2D eigenvalue weighted by atomic mass is 32.1. The van der Waals surface area contributed by atoms with E-state index in [1.54, 1.807) is 6.07 Å². The second kappa shape index (κ2) is 4.35. The average Bonchev–Trinajstić information content (AvgIpc) is 3.09. The van der Waals surface area contributed by atoms with Gasteiger partial charge in [-0.3, -0.25) is 0 Å². The Bertz CT molecular complexity index is 567. The van der Waals surface area contributed by atoms with Crippen LogP contribution in [0.25, 0.3) is 0 Å². The van der Waals surface area contributed by atoms with Crippen molar-refractivity contribution in [2.24, 2.45) is 0 Å². The van der Waals surface area contributed by atoms with Gasteiger partial charge in [-0.2, -0.15) is 0 Å².